The van der Waals surface area contributed by atoms with Crippen LogP contribution >= 0.6 is 0 Å². The lowest BCUT2D eigenvalue weighted by Gasteiger charge is -2.29. The second-order valence-corrected chi connectivity index (χ2v) is 5.02. The van der Waals surface area contributed by atoms with Gasteiger partial charge < -0.3 is 16.2 Å². The van der Waals surface area contributed by atoms with Crippen molar-refractivity contribution in [2.75, 3.05) is 6.61 Å². The van der Waals surface area contributed by atoms with E-state index in [1.165, 1.54) is 4.68 Å². The molecule has 0 spiro atoms. The second kappa shape index (κ2) is 6.47. The molecule has 0 fully saturated rings. The topological polar surface area (TPSA) is 106 Å². The number of carbonyl (C=O) groups excluding carboxylic acids is 1. The summed E-state index contributed by atoms with van der Waals surface area (Å²) in [6.07, 6.45) is 1.62. The summed E-state index contributed by atoms with van der Waals surface area (Å²) in [5.41, 5.74) is 6.06. The smallest absolute Gasteiger partial charge is 0.242 e. The maximum absolute atomic E-state index is 12.1. The molecule has 7 heteroatoms. The lowest BCUT2D eigenvalue weighted by molar-refractivity contribution is -0.124. The zero-order valence-corrected chi connectivity index (χ0v) is 11.9. The molecule has 2 aromatic rings. The number of nitrogens with one attached hydrogen (secondary N) is 1. The third-order valence-corrected chi connectivity index (χ3v) is 3.24. The molecule has 21 heavy (non-hydrogen) atoms. The summed E-state index contributed by atoms with van der Waals surface area (Å²) in [6.45, 7) is 1.87. The van der Waals surface area contributed by atoms with Gasteiger partial charge in [0.25, 0.3) is 0 Å². The minimum Gasteiger partial charge on any atom is -0.394 e. The summed E-state index contributed by atoms with van der Waals surface area (Å²) in [5.74, 6) is -0.260. The molecule has 0 radical (unpaired) electrons. The molecule has 0 aliphatic rings. The van der Waals surface area contributed by atoms with Crippen molar-refractivity contribution in [3.8, 4) is 0 Å². The van der Waals surface area contributed by atoms with Crippen LogP contribution in [-0.2, 0) is 23.4 Å². The van der Waals surface area contributed by atoms with E-state index in [9.17, 15) is 9.90 Å². The first kappa shape index (κ1) is 15.1. The molecule has 1 aromatic carbocycles. The van der Waals surface area contributed by atoms with Crippen LogP contribution in [0.5, 0.6) is 0 Å². The van der Waals surface area contributed by atoms with Gasteiger partial charge in [0.1, 0.15) is 6.54 Å². The number of aliphatic hydroxyl groups is 1. The maximum atomic E-state index is 12.1. The molecule has 1 atom stereocenters. The monoisotopic (exact) mass is 289 g/mol. The van der Waals surface area contributed by atoms with Crippen LogP contribution in [0.15, 0.2) is 36.5 Å². The quantitative estimate of drug-likeness (QED) is 0.680. The Morgan fingerprint density at radius 2 is 2.14 bits per heavy atom. The number of hydrogen-bond acceptors (Lipinski definition) is 5. The standard InChI is InChI=1S/C14H19N5O2/c1-14(10-20,11-5-3-2-4-6-11)16-13(21)9-19-8-12(7-15)17-18-19/h2-6,8,20H,7,9-10,15H2,1H3,(H,16,21). The highest BCUT2D eigenvalue weighted by atomic mass is 16.3. The highest BCUT2D eigenvalue weighted by Gasteiger charge is 2.27. The molecular weight excluding hydrogens is 270 g/mol. The summed E-state index contributed by atoms with van der Waals surface area (Å²) in [5, 5.41) is 20.1. The van der Waals surface area contributed by atoms with E-state index in [4.69, 9.17) is 5.73 Å². The number of rotatable bonds is 6. The van der Waals surface area contributed by atoms with Crippen LogP contribution in [0.25, 0.3) is 0 Å². The van der Waals surface area contributed by atoms with Crippen LogP contribution in [0.1, 0.15) is 18.2 Å². The van der Waals surface area contributed by atoms with Crippen LogP contribution in [-0.4, -0.2) is 32.6 Å². The minimum absolute atomic E-state index is 0.0232. The Bertz CT molecular complexity index is 598. The molecule has 1 amide bonds. The van der Waals surface area contributed by atoms with Crippen molar-refractivity contribution >= 4 is 5.91 Å². The van der Waals surface area contributed by atoms with Gasteiger partial charge in [0.15, 0.2) is 0 Å². The highest BCUT2D eigenvalue weighted by molar-refractivity contribution is 5.76. The average Bonchev–Trinajstić information content (AvgIpc) is 2.95. The van der Waals surface area contributed by atoms with Crippen molar-refractivity contribution in [1.29, 1.82) is 0 Å². The van der Waals surface area contributed by atoms with Gasteiger partial charge in [0.2, 0.25) is 5.91 Å². The first-order valence-electron chi connectivity index (χ1n) is 6.64. The zero-order valence-electron chi connectivity index (χ0n) is 11.9. The van der Waals surface area contributed by atoms with Crippen LogP contribution in [0.4, 0.5) is 0 Å². The van der Waals surface area contributed by atoms with E-state index >= 15 is 0 Å². The largest absolute Gasteiger partial charge is 0.394 e. The molecular formula is C14H19N5O2. The number of aliphatic hydroxyl groups excluding tert-OH is 1. The van der Waals surface area contributed by atoms with E-state index in [-0.39, 0.29) is 25.6 Å². The van der Waals surface area contributed by atoms with Gasteiger partial charge in [0.05, 0.1) is 24.0 Å². The fourth-order valence-corrected chi connectivity index (χ4v) is 2.01. The van der Waals surface area contributed by atoms with Crippen LogP contribution < -0.4 is 11.1 Å². The van der Waals surface area contributed by atoms with Gasteiger partial charge in [-0.3, -0.25) is 4.79 Å². The first-order chi connectivity index (χ1) is 10.1. The van der Waals surface area contributed by atoms with Gasteiger partial charge in [0, 0.05) is 6.54 Å². The molecule has 1 heterocycles. The predicted octanol–water partition coefficient (Wildman–Crippen LogP) is -0.239. The van der Waals surface area contributed by atoms with E-state index in [1.54, 1.807) is 13.1 Å². The number of nitrogens with two attached hydrogens (primary N) is 1. The molecule has 2 rings (SSSR count). The summed E-state index contributed by atoms with van der Waals surface area (Å²) in [4.78, 5) is 12.1. The van der Waals surface area contributed by atoms with Crippen LogP contribution in [0.3, 0.4) is 0 Å². The number of carbonyl (C=O) groups is 1. The Morgan fingerprint density at radius 3 is 2.71 bits per heavy atom. The van der Waals surface area contributed by atoms with Gasteiger partial charge in [-0.25, -0.2) is 4.68 Å². The first-order valence-corrected chi connectivity index (χ1v) is 6.64. The predicted molar refractivity (Wildman–Crippen MR) is 76.9 cm³/mol. The van der Waals surface area contributed by atoms with E-state index in [0.29, 0.717) is 5.69 Å². The highest BCUT2D eigenvalue weighted by Crippen LogP contribution is 2.19. The van der Waals surface area contributed by atoms with Crippen molar-refractivity contribution in [1.82, 2.24) is 20.3 Å². The Kier molecular flexibility index (Phi) is 4.66. The summed E-state index contributed by atoms with van der Waals surface area (Å²) >= 11 is 0. The molecule has 0 aliphatic heterocycles. The van der Waals surface area contributed by atoms with E-state index in [2.05, 4.69) is 15.6 Å². The molecule has 0 bridgehead atoms. The lowest BCUT2D eigenvalue weighted by atomic mass is 9.93. The van der Waals surface area contributed by atoms with E-state index < -0.39 is 5.54 Å². The van der Waals surface area contributed by atoms with Gasteiger partial charge in [-0.2, -0.15) is 0 Å². The van der Waals surface area contributed by atoms with Crippen molar-refractivity contribution in [2.24, 2.45) is 5.73 Å². The maximum Gasteiger partial charge on any atom is 0.242 e. The molecule has 1 aromatic heterocycles. The van der Waals surface area contributed by atoms with Gasteiger partial charge >= 0.3 is 0 Å². The van der Waals surface area contributed by atoms with Crippen molar-refractivity contribution < 1.29 is 9.90 Å². The average molecular weight is 289 g/mol. The molecule has 7 nitrogen and oxygen atoms in total. The van der Waals surface area contributed by atoms with Gasteiger partial charge in [-0.15, -0.1) is 5.10 Å². The Morgan fingerprint density at radius 1 is 1.43 bits per heavy atom. The summed E-state index contributed by atoms with van der Waals surface area (Å²) in [6, 6.07) is 9.32. The Balaban J connectivity index is 2.06. The molecule has 1 unspecified atom stereocenters. The number of benzene rings is 1. The fraction of sp³-hybridized carbons (Fsp3) is 0.357. The molecule has 4 N–H and O–H groups in total. The molecule has 112 valence electrons. The SMILES string of the molecule is CC(CO)(NC(=O)Cn1cc(CN)nn1)c1ccccc1. The second-order valence-electron chi connectivity index (χ2n) is 5.02. The van der Waals surface area contributed by atoms with Crippen molar-refractivity contribution in [3.63, 3.8) is 0 Å². The number of amides is 1. The normalized spacial score (nSPS) is 13.7. The van der Waals surface area contributed by atoms with Crippen LogP contribution in [0, 0.1) is 0 Å². The summed E-state index contributed by atoms with van der Waals surface area (Å²) < 4.78 is 1.42. The lowest BCUT2D eigenvalue weighted by Crippen LogP contribution is -2.47. The van der Waals surface area contributed by atoms with Gasteiger partial charge in [-0.1, -0.05) is 35.5 Å². The van der Waals surface area contributed by atoms with Crippen molar-refractivity contribution in [2.45, 2.75) is 25.6 Å². The van der Waals surface area contributed by atoms with Crippen molar-refractivity contribution in [3.05, 3.63) is 47.8 Å². The number of aromatic nitrogens is 3. The van der Waals surface area contributed by atoms with Gasteiger partial charge in [-0.05, 0) is 12.5 Å². The third-order valence-electron chi connectivity index (χ3n) is 3.24. The number of hydrogen-bond donors (Lipinski definition) is 3. The third kappa shape index (κ3) is 3.65. The Hall–Kier alpha value is -2.25. The molecule has 0 saturated carbocycles. The molecule has 0 aliphatic carbocycles. The van der Waals surface area contributed by atoms with E-state index in [1.807, 2.05) is 30.3 Å². The summed E-state index contributed by atoms with van der Waals surface area (Å²) in [7, 11) is 0. The van der Waals surface area contributed by atoms with E-state index in [0.717, 1.165) is 5.56 Å². The molecule has 0 saturated heterocycles. The Labute approximate surface area is 122 Å². The minimum atomic E-state index is -0.838. The zero-order chi connectivity index (χ0) is 15.3. The fourth-order valence-electron chi connectivity index (χ4n) is 2.01. The number of nitrogens with zero attached hydrogens (tertiary/aromatic N) is 3. The van der Waals surface area contributed by atoms with Crippen LogP contribution in [0.2, 0.25) is 0 Å².